The van der Waals surface area contributed by atoms with Gasteiger partial charge in [-0.15, -0.1) is 0 Å². The fourth-order valence-corrected chi connectivity index (χ4v) is 0.763. The van der Waals surface area contributed by atoms with Crippen LogP contribution in [-0.4, -0.2) is 28.1 Å². The lowest BCUT2D eigenvalue weighted by Gasteiger charge is -2.07. The molecule has 14 heavy (non-hydrogen) atoms. The molecule has 0 spiro atoms. The minimum atomic E-state index is -1.18. The monoisotopic (exact) mass is 195 g/mol. The fraction of sp³-hybridized carbons (Fsp3) is 0.222. The zero-order valence-electron chi connectivity index (χ0n) is 7.51. The Balaban J connectivity index is 2.64. The number of esters is 1. The molecule has 1 aromatic rings. The minimum Gasteiger partial charge on any atom is -0.479 e. The van der Waals surface area contributed by atoms with Gasteiger partial charge in [-0.05, 0) is 19.1 Å². The quantitative estimate of drug-likeness (QED) is 0.719. The molecule has 0 amide bonds. The maximum atomic E-state index is 11.2. The molecule has 0 saturated heterocycles. The largest absolute Gasteiger partial charge is 0.479 e. The van der Waals surface area contributed by atoms with Crippen LogP contribution in [0.3, 0.4) is 0 Å². The lowest BCUT2D eigenvalue weighted by atomic mass is 10.3. The molecule has 0 fully saturated rings. The van der Waals surface area contributed by atoms with Crippen molar-refractivity contribution in [1.29, 1.82) is 0 Å². The number of rotatable bonds is 3. The summed E-state index contributed by atoms with van der Waals surface area (Å²) in [5.74, 6) is -1.87. The molecule has 0 radical (unpaired) electrons. The number of hydrogen-bond acceptors (Lipinski definition) is 4. The molecule has 5 nitrogen and oxygen atoms in total. The molecule has 1 N–H and O–H groups in total. The molecule has 1 atom stereocenters. The highest BCUT2D eigenvalue weighted by molar-refractivity contribution is 5.90. The van der Waals surface area contributed by atoms with Crippen LogP contribution in [0.2, 0.25) is 0 Å². The Labute approximate surface area is 80.3 Å². The Kier molecular flexibility index (Phi) is 3.17. The normalized spacial score (nSPS) is 11.8. The van der Waals surface area contributed by atoms with Crippen molar-refractivity contribution in [3.63, 3.8) is 0 Å². The summed E-state index contributed by atoms with van der Waals surface area (Å²) in [6.07, 6.45) is 1.68. The number of carboxylic acid groups (broad SMARTS) is 1. The van der Waals surface area contributed by atoms with Gasteiger partial charge in [-0.25, -0.2) is 9.59 Å². The molecule has 1 rings (SSSR count). The highest BCUT2D eigenvalue weighted by atomic mass is 16.6. The van der Waals surface area contributed by atoms with Gasteiger partial charge >= 0.3 is 11.9 Å². The highest BCUT2D eigenvalue weighted by Crippen LogP contribution is 2.01. The first-order valence-corrected chi connectivity index (χ1v) is 3.95. The summed E-state index contributed by atoms with van der Waals surface area (Å²) in [4.78, 5) is 25.3. The number of carbonyl (C=O) groups excluding carboxylic acids is 1. The number of aliphatic carboxylic acids is 1. The maximum Gasteiger partial charge on any atom is 0.344 e. The second-order valence-electron chi connectivity index (χ2n) is 2.63. The number of pyridine rings is 1. The van der Waals surface area contributed by atoms with Crippen LogP contribution in [-0.2, 0) is 9.53 Å². The average Bonchev–Trinajstić information content (AvgIpc) is 2.19. The molecule has 0 aliphatic rings. The topological polar surface area (TPSA) is 76.5 Å². The molecular weight excluding hydrogens is 186 g/mol. The molecule has 0 saturated carbocycles. The van der Waals surface area contributed by atoms with Gasteiger partial charge in [0.05, 0.1) is 5.56 Å². The summed E-state index contributed by atoms with van der Waals surface area (Å²) in [5, 5.41) is 8.48. The Morgan fingerprint density at radius 2 is 2.29 bits per heavy atom. The number of nitrogens with zero attached hydrogens (tertiary/aromatic N) is 1. The molecule has 0 aliphatic heterocycles. The number of carboxylic acids is 1. The predicted molar refractivity (Wildman–Crippen MR) is 46.8 cm³/mol. The van der Waals surface area contributed by atoms with Crippen molar-refractivity contribution in [2.45, 2.75) is 13.0 Å². The number of hydrogen-bond donors (Lipinski definition) is 1. The lowest BCUT2D eigenvalue weighted by molar-refractivity contribution is -0.146. The number of ether oxygens (including phenoxy) is 1. The van der Waals surface area contributed by atoms with Crippen molar-refractivity contribution in [3.05, 3.63) is 30.1 Å². The van der Waals surface area contributed by atoms with E-state index in [2.05, 4.69) is 9.72 Å². The fourth-order valence-electron chi connectivity index (χ4n) is 0.763. The van der Waals surface area contributed by atoms with Crippen molar-refractivity contribution in [1.82, 2.24) is 4.98 Å². The first-order valence-electron chi connectivity index (χ1n) is 3.95. The van der Waals surface area contributed by atoms with Crippen molar-refractivity contribution in [2.75, 3.05) is 0 Å². The first kappa shape index (κ1) is 10.2. The summed E-state index contributed by atoms with van der Waals surface area (Å²) < 4.78 is 4.62. The third-order valence-electron chi connectivity index (χ3n) is 1.53. The molecule has 0 bridgehead atoms. The van der Waals surface area contributed by atoms with Gasteiger partial charge in [0.1, 0.15) is 0 Å². The smallest absolute Gasteiger partial charge is 0.344 e. The Bertz CT molecular complexity index is 336. The first-order chi connectivity index (χ1) is 6.61. The van der Waals surface area contributed by atoms with Gasteiger partial charge in [0.25, 0.3) is 0 Å². The van der Waals surface area contributed by atoms with Crippen LogP contribution in [0.4, 0.5) is 0 Å². The van der Waals surface area contributed by atoms with E-state index in [1.165, 1.54) is 25.4 Å². The van der Waals surface area contributed by atoms with Gasteiger partial charge < -0.3 is 9.84 Å². The van der Waals surface area contributed by atoms with E-state index in [9.17, 15) is 9.59 Å². The van der Waals surface area contributed by atoms with Gasteiger partial charge in [0, 0.05) is 12.4 Å². The maximum absolute atomic E-state index is 11.2. The van der Waals surface area contributed by atoms with E-state index in [4.69, 9.17) is 5.11 Å². The van der Waals surface area contributed by atoms with Gasteiger partial charge in [0.2, 0.25) is 0 Å². The van der Waals surface area contributed by atoms with Crippen LogP contribution in [0.1, 0.15) is 17.3 Å². The minimum absolute atomic E-state index is 0.237. The van der Waals surface area contributed by atoms with Gasteiger partial charge in [-0.3, -0.25) is 4.98 Å². The average molecular weight is 195 g/mol. The molecular formula is C9H9NO4. The summed E-state index contributed by atoms with van der Waals surface area (Å²) in [6.45, 7) is 1.29. The number of aromatic nitrogens is 1. The second kappa shape index (κ2) is 4.36. The van der Waals surface area contributed by atoms with E-state index in [0.717, 1.165) is 0 Å². The van der Waals surface area contributed by atoms with Crippen LogP contribution in [0.25, 0.3) is 0 Å². The van der Waals surface area contributed by atoms with Crippen LogP contribution >= 0.6 is 0 Å². The third-order valence-corrected chi connectivity index (χ3v) is 1.53. The third kappa shape index (κ3) is 2.55. The van der Waals surface area contributed by atoms with Crippen molar-refractivity contribution < 1.29 is 19.4 Å². The van der Waals surface area contributed by atoms with Crippen LogP contribution < -0.4 is 0 Å². The van der Waals surface area contributed by atoms with E-state index in [1.807, 2.05) is 0 Å². The SMILES string of the molecule is CC(OC(=O)c1cccnc1)C(=O)O. The summed E-state index contributed by atoms with van der Waals surface area (Å²) in [6, 6.07) is 3.08. The Morgan fingerprint density at radius 3 is 2.79 bits per heavy atom. The standard InChI is InChI=1S/C9H9NO4/c1-6(8(11)12)14-9(13)7-3-2-4-10-5-7/h2-6H,1H3,(H,11,12). The second-order valence-corrected chi connectivity index (χ2v) is 2.63. The van der Waals surface area contributed by atoms with E-state index in [-0.39, 0.29) is 5.56 Å². The summed E-state index contributed by atoms with van der Waals surface area (Å²) >= 11 is 0. The van der Waals surface area contributed by atoms with Gasteiger partial charge in [0.15, 0.2) is 6.10 Å². The lowest BCUT2D eigenvalue weighted by Crippen LogP contribution is -2.23. The predicted octanol–water partition coefficient (Wildman–Crippen LogP) is 0.712. The van der Waals surface area contributed by atoms with Crippen molar-refractivity contribution in [3.8, 4) is 0 Å². The summed E-state index contributed by atoms with van der Waals surface area (Å²) in [5.41, 5.74) is 0.237. The molecule has 5 heteroatoms. The molecule has 0 aliphatic carbocycles. The Morgan fingerprint density at radius 1 is 1.57 bits per heavy atom. The van der Waals surface area contributed by atoms with E-state index in [0.29, 0.717) is 0 Å². The van der Waals surface area contributed by atoms with E-state index < -0.39 is 18.0 Å². The van der Waals surface area contributed by atoms with Crippen LogP contribution in [0.15, 0.2) is 24.5 Å². The van der Waals surface area contributed by atoms with Crippen LogP contribution in [0.5, 0.6) is 0 Å². The van der Waals surface area contributed by atoms with Gasteiger partial charge in [-0.2, -0.15) is 0 Å². The van der Waals surface area contributed by atoms with Crippen molar-refractivity contribution >= 4 is 11.9 Å². The highest BCUT2D eigenvalue weighted by Gasteiger charge is 2.17. The molecule has 1 aromatic heterocycles. The van der Waals surface area contributed by atoms with Crippen LogP contribution in [0, 0.1) is 0 Å². The summed E-state index contributed by atoms with van der Waals surface area (Å²) in [7, 11) is 0. The molecule has 74 valence electrons. The molecule has 0 aromatic carbocycles. The van der Waals surface area contributed by atoms with E-state index >= 15 is 0 Å². The van der Waals surface area contributed by atoms with Crippen molar-refractivity contribution in [2.24, 2.45) is 0 Å². The molecule has 1 unspecified atom stereocenters. The molecule has 1 heterocycles. The Hall–Kier alpha value is -1.91. The zero-order valence-corrected chi connectivity index (χ0v) is 7.51. The number of carbonyl (C=O) groups is 2. The zero-order chi connectivity index (χ0) is 10.6. The van der Waals surface area contributed by atoms with Gasteiger partial charge in [-0.1, -0.05) is 0 Å². The van der Waals surface area contributed by atoms with E-state index in [1.54, 1.807) is 6.07 Å².